The van der Waals surface area contributed by atoms with Gasteiger partial charge in [-0.05, 0) is 43.3 Å². The normalized spacial score (nSPS) is 11.4. The van der Waals surface area contributed by atoms with E-state index >= 15 is 0 Å². The van der Waals surface area contributed by atoms with Gasteiger partial charge in [-0.3, -0.25) is 9.59 Å². The number of nitrogens with zero attached hydrogens (tertiary/aromatic N) is 4. The van der Waals surface area contributed by atoms with Crippen LogP contribution in [0.4, 0.5) is 23.2 Å². The van der Waals surface area contributed by atoms with Crippen LogP contribution in [0.3, 0.4) is 0 Å². The minimum atomic E-state index is -4.97. The van der Waals surface area contributed by atoms with Crippen LogP contribution in [0.1, 0.15) is 21.9 Å². The molecule has 2 aromatic heterocycles. The van der Waals surface area contributed by atoms with Crippen LogP contribution in [0.2, 0.25) is 0 Å². The molecule has 2 aromatic carbocycles. The average Bonchev–Trinajstić information content (AvgIpc) is 3.20. The van der Waals surface area contributed by atoms with Crippen molar-refractivity contribution in [2.24, 2.45) is 0 Å². The largest absolute Gasteiger partial charge is 0.435 e. The lowest BCUT2D eigenvalue weighted by Gasteiger charge is -2.11. The third-order valence-electron chi connectivity index (χ3n) is 4.49. The van der Waals surface area contributed by atoms with Gasteiger partial charge >= 0.3 is 6.18 Å². The molecule has 4 rings (SSSR count). The van der Waals surface area contributed by atoms with Gasteiger partial charge in [-0.2, -0.15) is 13.2 Å². The molecule has 2 N–H and O–H groups in total. The fraction of sp³-hybridized carbons (Fsp3) is 0.0952. The molecule has 0 atom stereocenters. The van der Waals surface area contributed by atoms with Crippen molar-refractivity contribution in [2.75, 3.05) is 5.32 Å². The van der Waals surface area contributed by atoms with Crippen LogP contribution in [0.25, 0.3) is 17.1 Å². The number of carbonyl (C=O) groups excluding carboxylic acids is 1. The Labute approximate surface area is 182 Å². The molecule has 0 aliphatic carbocycles. The Balaban J connectivity index is 1.68. The maximum atomic E-state index is 13.8. The smallest absolute Gasteiger partial charge is 0.321 e. The molecule has 4 aromatic rings. The predicted octanol–water partition coefficient (Wildman–Crippen LogP) is 3.74. The van der Waals surface area contributed by atoms with Crippen LogP contribution >= 0.6 is 0 Å². The molecule has 0 radical (unpaired) electrons. The Morgan fingerprint density at radius 2 is 1.82 bits per heavy atom. The Bertz CT molecular complexity index is 1390. The van der Waals surface area contributed by atoms with E-state index < -0.39 is 29.3 Å². The second-order valence-corrected chi connectivity index (χ2v) is 6.94. The number of hydrogen-bond acceptors (Lipinski definition) is 5. The third-order valence-corrected chi connectivity index (χ3v) is 4.49. The summed E-state index contributed by atoms with van der Waals surface area (Å²) in [7, 11) is 0. The molecule has 33 heavy (non-hydrogen) atoms. The molecule has 0 fully saturated rings. The average molecular weight is 458 g/mol. The Hall–Kier alpha value is -4.35. The van der Waals surface area contributed by atoms with Crippen LogP contribution in [0, 0.1) is 12.7 Å². The van der Waals surface area contributed by atoms with Crippen molar-refractivity contribution in [3.05, 3.63) is 87.9 Å². The van der Waals surface area contributed by atoms with Gasteiger partial charge in [0.15, 0.2) is 11.4 Å². The summed E-state index contributed by atoms with van der Waals surface area (Å²) in [5.74, 6) is -1.57. The first-order valence-corrected chi connectivity index (χ1v) is 9.40. The van der Waals surface area contributed by atoms with Gasteiger partial charge in [0.1, 0.15) is 11.6 Å². The molecule has 1 amide bonds. The number of hydrogen-bond donors (Lipinski definition) is 2. The van der Waals surface area contributed by atoms with E-state index in [1.165, 1.54) is 24.3 Å². The van der Waals surface area contributed by atoms with Gasteiger partial charge in [0, 0.05) is 23.0 Å². The third kappa shape index (κ3) is 4.63. The lowest BCUT2D eigenvalue weighted by Crippen LogP contribution is -2.21. The van der Waals surface area contributed by atoms with Crippen molar-refractivity contribution in [1.82, 2.24) is 25.0 Å². The SMILES string of the molecule is Cc1cc(=O)[nH]c(-c2cccc(NC(=O)c3nnn(-c4ccc(F)cc4)c3C(F)(F)F)c2)n1. The van der Waals surface area contributed by atoms with E-state index in [2.05, 4.69) is 25.6 Å². The van der Waals surface area contributed by atoms with Crippen molar-refractivity contribution in [3.8, 4) is 17.1 Å². The number of amides is 1. The van der Waals surface area contributed by atoms with Crippen LogP contribution < -0.4 is 10.9 Å². The van der Waals surface area contributed by atoms with E-state index in [1.54, 1.807) is 13.0 Å². The van der Waals surface area contributed by atoms with Gasteiger partial charge in [-0.15, -0.1) is 5.10 Å². The van der Waals surface area contributed by atoms with Crippen LogP contribution in [0.15, 0.2) is 59.4 Å². The highest BCUT2D eigenvalue weighted by Gasteiger charge is 2.42. The van der Waals surface area contributed by atoms with E-state index in [1.807, 2.05) is 0 Å². The van der Waals surface area contributed by atoms with Crippen molar-refractivity contribution in [3.63, 3.8) is 0 Å². The highest BCUT2D eigenvalue weighted by Crippen LogP contribution is 2.33. The van der Waals surface area contributed by atoms with Crippen LogP contribution in [-0.4, -0.2) is 30.9 Å². The quantitative estimate of drug-likeness (QED) is 0.454. The maximum Gasteiger partial charge on any atom is 0.435 e. The monoisotopic (exact) mass is 458 g/mol. The van der Waals surface area contributed by atoms with Gasteiger partial charge in [-0.1, -0.05) is 17.3 Å². The summed E-state index contributed by atoms with van der Waals surface area (Å²) in [4.78, 5) is 31.1. The number of halogens is 4. The van der Waals surface area contributed by atoms with Crippen molar-refractivity contribution < 1.29 is 22.4 Å². The number of aryl methyl sites for hydroxylation is 1. The van der Waals surface area contributed by atoms with Crippen LogP contribution in [-0.2, 0) is 6.18 Å². The molecule has 0 unspecified atom stereocenters. The van der Waals surface area contributed by atoms with Gasteiger partial charge < -0.3 is 10.3 Å². The summed E-state index contributed by atoms with van der Waals surface area (Å²) in [5, 5.41) is 9.20. The van der Waals surface area contributed by atoms with Gasteiger partial charge in [0.05, 0.1) is 5.69 Å². The number of benzene rings is 2. The summed E-state index contributed by atoms with van der Waals surface area (Å²) < 4.78 is 54.9. The topological polar surface area (TPSA) is 106 Å². The molecule has 0 aliphatic rings. The predicted molar refractivity (Wildman–Crippen MR) is 109 cm³/mol. The van der Waals surface area contributed by atoms with E-state index in [-0.39, 0.29) is 22.8 Å². The molecular formula is C21H14F4N6O2. The van der Waals surface area contributed by atoms with E-state index in [0.717, 1.165) is 24.3 Å². The summed E-state index contributed by atoms with van der Waals surface area (Å²) >= 11 is 0. The van der Waals surface area contributed by atoms with Gasteiger partial charge in [0.25, 0.3) is 11.5 Å². The van der Waals surface area contributed by atoms with Crippen molar-refractivity contribution in [2.45, 2.75) is 13.1 Å². The summed E-state index contributed by atoms with van der Waals surface area (Å²) in [6.07, 6.45) is -4.97. The lowest BCUT2D eigenvalue weighted by molar-refractivity contribution is -0.143. The zero-order valence-corrected chi connectivity index (χ0v) is 16.8. The highest BCUT2D eigenvalue weighted by atomic mass is 19.4. The highest BCUT2D eigenvalue weighted by molar-refractivity contribution is 6.04. The summed E-state index contributed by atoms with van der Waals surface area (Å²) in [6.45, 7) is 1.63. The molecular weight excluding hydrogens is 444 g/mol. The lowest BCUT2D eigenvalue weighted by atomic mass is 10.1. The zero-order valence-electron chi connectivity index (χ0n) is 16.8. The van der Waals surface area contributed by atoms with Gasteiger partial charge in [-0.25, -0.2) is 14.1 Å². The van der Waals surface area contributed by atoms with E-state index in [4.69, 9.17) is 0 Å². The summed E-state index contributed by atoms with van der Waals surface area (Å²) in [6, 6.07) is 11.4. The molecule has 8 nitrogen and oxygen atoms in total. The van der Waals surface area contributed by atoms with E-state index in [9.17, 15) is 27.2 Å². The zero-order chi connectivity index (χ0) is 23.8. The minimum Gasteiger partial charge on any atom is -0.321 e. The van der Waals surface area contributed by atoms with Crippen molar-refractivity contribution >= 4 is 11.6 Å². The van der Waals surface area contributed by atoms with Crippen molar-refractivity contribution in [1.29, 1.82) is 0 Å². The molecule has 0 saturated carbocycles. The molecule has 168 valence electrons. The Kier molecular flexibility index (Phi) is 5.50. The second kappa shape index (κ2) is 8.30. The molecule has 0 spiro atoms. The number of aromatic nitrogens is 5. The second-order valence-electron chi connectivity index (χ2n) is 6.94. The number of anilines is 1. The number of aromatic amines is 1. The number of rotatable bonds is 4. The Morgan fingerprint density at radius 3 is 2.48 bits per heavy atom. The Morgan fingerprint density at radius 1 is 1.09 bits per heavy atom. The van der Waals surface area contributed by atoms with Gasteiger partial charge in [0.2, 0.25) is 0 Å². The first kappa shape index (κ1) is 21.9. The molecule has 0 saturated heterocycles. The number of carbonyl (C=O) groups is 1. The first-order valence-electron chi connectivity index (χ1n) is 9.40. The number of nitrogens with one attached hydrogen (secondary N) is 2. The molecule has 12 heteroatoms. The molecule has 0 bridgehead atoms. The van der Waals surface area contributed by atoms with Crippen LogP contribution in [0.5, 0.6) is 0 Å². The minimum absolute atomic E-state index is 0.119. The fourth-order valence-electron chi connectivity index (χ4n) is 3.10. The number of H-pyrrole nitrogens is 1. The maximum absolute atomic E-state index is 13.8. The van der Waals surface area contributed by atoms with E-state index in [0.29, 0.717) is 15.9 Å². The number of alkyl halides is 3. The fourth-order valence-corrected chi connectivity index (χ4v) is 3.10. The molecule has 2 heterocycles. The first-order chi connectivity index (χ1) is 15.6. The summed E-state index contributed by atoms with van der Waals surface area (Å²) in [5.41, 5.74) is -1.82. The standard InChI is InChI=1S/C21H14F4N6O2/c1-11-9-16(32)28-19(26-11)12-3-2-4-14(10-12)27-20(33)17-18(21(23,24)25)31(30-29-17)15-7-5-13(22)6-8-15/h2-10H,1H3,(H,27,33)(H,26,28,32). The molecule has 0 aliphatic heterocycles.